The summed E-state index contributed by atoms with van der Waals surface area (Å²) >= 11 is 3.17. The van der Waals surface area contributed by atoms with Crippen LogP contribution < -0.4 is 4.90 Å². The molecule has 0 amide bonds. The lowest BCUT2D eigenvalue weighted by molar-refractivity contribution is -0.384. The molecule has 16 heavy (non-hydrogen) atoms. The van der Waals surface area contributed by atoms with Crippen LogP contribution in [-0.4, -0.2) is 29.6 Å². The predicted octanol–water partition coefficient (Wildman–Crippen LogP) is 1.88. The van der Waals surface area contributed by atoms with Crippen LogP contribution in [0.3, 0.4) is 0 Å². The molecule has 86 valence electrons. The number of hydrogen-bond acceptors (Lipinski definition) is 4. The number of benzene rings is 1. The Balaban J connectivity index is 3.19. The Labute approximate surface area is 99.8 Å². The van der Waals surface area contributed by atoms with Crippen molar-refractivity contribution in [1.82, 2.24) is 0 Å². The van der Waals surface area contributed by atoms with Gasteiger partial charge in [0.2, 0.25) is 0 Å². The zero-order valence-corrected chi connectivity index (χ0v) is 9.97. The number of carboxylic acids is 1. The fourth-order valence-corrected chi connectivity index (χ4v) is 1.97. The van der Waals surface area contributed by atoms with Crippen molar-refractivity contribution in [3.8, 4) is 0 Å². The topological polar surface area (TPSA) is 83.7 Å². The number of rotatable bonds is 4. The molecule has 0 aliphatic rings. The Morgan fingerprint density at radius 1 is 1.62 bits per heavy atom. The zero-order valence-electron chi connectivity index (χ0n) is 8.38. The normalized spacial score (nSPS) is 9.88. The SMILES string of the molecule is CN(CC(=O)O)c1c(Br)cccc1[N+](=O)[O-]. The number of halogens is 1. The number of hydrogen-bond donors (Lipinski definition) is 1. The fraction of sp³-hybridized carbons (Fsp3) is 0.222. The van der Waals surface area contributed by atoms with Crippen LogP contribution in [0, 0.1) is 10.1 Å². The summed E-state index contributed by atoms with van der Waals surface area (Å²) in [5.74, 6) is -1.05. The molecule has 0 aliphatic heterocycles. The maximum Gasteiger partial charge on any atom is 0.323 e. The molecule has 1 aromatic carbocycles. The largest absolute Gasteiger partial charge is 0.480 e. The van der Waals surface area contributed by atoms with Crippen LogP contribution in [0.25, 0.3) is 0 Å². The second-order valence-corrected chi connectivity index (χ2v) is 3.97. The second kappa shape index (κ2) is 4.93. The maximum atomic E-state index is 10.8. The van der Waals surface area contributed by atoms with E-state index in [1.165, 1.54) is 24.1 Å². The van der Waals surface area contributed by atoms with Gasteiger partial charge in [0.1, 0.15) is 12.2 Å². The van der Waals surface area contributed by atoms with E-state index in [1.54, 1.807) is 6.07 Å². The van der Waals surface area contributed by atoms with E-state index >= 15 is 0 Å². The first kappa shape index (κ1) is 12.4. The van der Waals surface area contributed by atoms with E-state index in [0.29, 0.717) is 4.47 Å². The van der Waals surface area contributed by atoms with Gasteiger partial charge < -0.3 is 10.0 Å². The molecular formula is C9H9BrN2O4. The number of aliphatic carboxylic acids is 1. The Morgan fingerprint density at radius 3 is 2.75 bits per heavy atom. The first-order valence-corrected chi connectivity index (χ1v) is 5.08. The van der Waals surface area contributed by atoms with Gasteiger partial charge in [0, 0.05) is 17.6 Å². The van der Waals surface area contributed by atoms with E-state index in [4.69, 9.17) is 5.11 Å². The lowest BCUT2D eigenvalue weighted by Crippen LogP contribution is -2.26. The molecule has 1 N–H and O–H groups in total. The van der Waals surface area contributed by atoms with E-state index < -0.39 is 10.9 Å². The molecule has 1 aromatic rings. The number of carboxylic acid groups (broad SMARTS) is 1. The average molecular weight is 289 g/mol. The van der Waals surface area contributed by atoms with Crippen molar-refractivity contribution in [2.45, 2.75) is 0 Å². The van der Waals surface area contributed by atoms with Gasteiger partial charge in [-0.15, -0.1) is 0 Å². The van der Waals surface area contributed by atoms with E-state index in [9.17, 15) is 14.9 Å². The van der Waals surface area contributed by atoms with Crippen LogP contribution >= 0.6 is 15.9 Å². The molecule has 0 fully saturated rings. The van der Waals surface area contributed by atoms with Crippen LogP contribution in [0.1, 0.15) is 0 Å². The predicted molar refractivity (Wildman–Crippen MR) is 61.7 cm³/mol. The van der Waals surface area contributed by atoms with Crippen LogP contribution in [0.2, 0.25) is 0 Å². The fourth-order valence-electron chi connectivity index (χ4n) is 1.31. The van der Waals surface area contributed by atoms with Crippen LogP contribution in [0.4, 0.5) is 11.4 Å². The zero-order chi connectivity index (χ0) is 12.3. The van der Waals surface area contributed by atoms with Crippen molar-refractivity contribution in [3.63, 3.8) is 0 Å². The van der Waals surface area contributed by atoms with Gasteiger partial charge >= 0.3 is 5.97 Å². The van der Waals surface area contributed by atoms with E-state index in [-0.39, 0.29) is 17.9 Å². The summed E-state index contributed by atoms with van der Waals surface area (Å²) in [6, 6.07) is 4.49. The van der Waals surface area contributed by atoms with Gasteiger partial charge in [0.15, 0.2) is 0 Å². The molecule has 7 heteroatoms. The Kier molecular flexibility index (Phi) is 3.83. The summed E-state index contributed by atoms with van der Waals surface area (Å²) < 4.78 is 0.491. The average Bonchev–Trinajstić information content (AvgIpc) is 2.15. The number of anilines is 1. The Morgan fingerprint density at radius 2 is 2.25 bits per heavy atom. The highest BCUT2D eigenvalue weighted by Gasteiger charge is 2.20. The van der Waals surface area contributed by atoms with Crippen molar-refractivity contribution in [3.05, 3.63) is 32.8 Å². The quantitative estimate of drug-likeness (QED) is 0.675. The minimum absolute atomic E-state index is 0.127. The third-order valence-electron chi connectivity index (χ3n) is 1.92. The summed E-state index contributed by atoms with van der Waals surface area (Å²) in [7, 11) is 1.49. The van der Waals surface area contributed by atoms with Crippen molar-refractivity contribution in [2.24, 2.45) is 0 Å². The number of para-hydroxylation sites is 1. The molecule has 0 aliphatic carbocycles. The lowest BCUT2D eigenvalue weighted by Gasteiger charge is -2.17. The van der Waals surface area contributed by atoms with Gasteiger partial charge in [-0.25, -0.2) is 0 Å². The maximum absolute atomic E-state index is 10.8. The summed E-state index contributed by atoms with van der Waals surface area (Å²) in [4.78, 5) is 22.1. The van der Waals surface area contributed by atoms with Crippen LogP contribution in [0.15, 0.2) is 22.7 Å². The minimum Gasteiger partial charge on any atom is -0.480 e. The molecule has 0 radical (unpaired) electrons. The highest BCUT2D eigenvalue weighted by molar-refractivity contribution is 9.10. The number of likely N-dealkylation sites (N-methyl/N-ethyl adjacent to an activating group) is 1. The van der Waals surface area contributed by atoms with Gasteiger partial charge in [-0.3, -0.25) is 14.9 Å². The third-order valence-corrected chi connectivity index (χ3v) is 2.56. The summed E-state index contributed by atoms with van der Waals surface area (Å²) in [6.45, 7) is -0.302. The number of nitrogens with zero attached hydrogens (tertiary/aromatic N) is 2. The molecule has 6 nitrogen and oxygen atoms in total. The van der Waals surface area contributed by atoms with E-state index in [0.717, 1.165) is 0 Å². The molecule has 0 aromatic heterocycles. The molecule has 0 unspecified atom stereocenters. The summed E-state index contributed by atoms with van der Waals surface area (Å²) in [5, 5.41) is 19.4. The van der Waals surface area contributed by atoms with Crippen LogP contribution in [-0.2, 0) is 4.79 Å². The van der Waals surface area contributed by atoms with Gasteiger partial charge in [-0.2, -0.15) is 0 Å². The molecule has 0 bridgehead atoms. The van der Waals surface area contributed by atoms with Gasteiger partial charge in [0.25, 0.3) is 5.69 Å². The Bertz CT molecular complexity index is 436. The minimum atomic E-state index is -1.05. The lowest BCUT2D eigenvalue weighted by atomic mass is 10.2. The molecule has 0 atom stereocenters. The number of nitro benzene ring substituents is 1. The van der Waals surface area contributed by atoms with Crippen molar-refractivity contribution >= 4 is 33.3 Å². The van der Waals surface area contributed by atoms with Crippen molar-refractivity contribution < 1.29 is 14.8 Å². The summed E-state index contributed by atoms with van der Waals surface area (Å²) in [6.07, 6.45) is 0. The molecule has 0 heterocycles. The molecular weight excluding hydrogens is 280 g/mol. The number of carbonyl (C=O) groups is 1. The second-order valence-electron chi connectivity index (χ2n) is 3.11. The van der Waals surface area contributed by atoms with Crippen molar-refractivity contribution in [2.75, 3.05) is 18.5 Å². The number of nitro groups is 1. The van der Waals surface area contributed by atoms with Crippen LogP contribution in [0.5, 0.6) is 0 Å². The summed E-state index contributed by atoms with van der Waals surface area (Å²) in [5.41, 5.74) is 0.132. The highest BCUT2D eigenvalue weighted by Crippen LogP contribution is 2.34. The molecule has 1 rings (SSSR count). The third kappa shape index (κ3) is 2.69. The van der Waals surface area contributed by atoms with E-state index in [1.807, 2.05) is 0 Å². The Hall–Kier alpha value is -1.63. The highest BCUT2D eigenvalue weighted by atomic mass is 79.9. The van der Waals surface area contributed by atoms with E-state index in [2.05, 4.69) is 15.9 Å². The molecule has 0 spiro atoms. The van der Waals surface area contributed by atoms with Gasteiger partial charge in [0.05, 0.1) is 4.92 Å². The standard InChI is InChI=1S/C9H9BrN2O4/c1-11(5-8(13)14)9-6(10)3-2-4-7(9)12(15)16/h2-4H,5H2,1H3,(H,13,14). The first-order chi connectivity index (χ1) is 7.43. The molecule has 0 saturated carbocycles. The first-order valence-electron chi connectivity index (χ1n) is 4.29. The van der Waals surface area contributed by atoms with Gasteiger partial charge in [-0.1, -0.05) is 6.07 Å². The monoisotopic (exact) mass is 288 g/mol. The molecule has 0 saturated heterocycles. The van der Waals surface area contributed by atoms with Crippen molar-refractivity contribution in [1.29, 1.82) is 0 Å². The smallest absolute Gasteiger partial charge is 0.323 e. The van der Waals surface area contributed by atoms with Gasteiger partial charge in [-0.05, 0) is 22.0 Å².